The van der Waals surface area contributed by atoms with Crippen LogP contribution in [0.3, 0.4) is 0 Å². The van der Waals surface area contributed by atoms with E-state index in [1.807, 2.05) is 37.4 Å². The maximum Gasteiger partial charge on any atom is 0.152 e. The predicted octanol–water partition coefficient (Wildman–Crippen LogP) is 2.67. The van der Waals surface area contributed by atoms with E-state index in [2.05, 4.69) is 27.7 Å². The zero-order valence-corrected chi connectivity index (χ0v) is 12.4. The Hall–Kier alpha value is -2.27. The average Bonchev–Trinajstić information content (AvgIpc) is 3.13. The summed E-state index contributed by atoms with van der Waals surface area (Å²) in [5.41, 5.74) is 2.14. The molecule has 0 fully saturated rings. The van der Waals surface area contributed by atoms with Crippen LogP contribution in [0.4, 0.5) is 5.82 Å². The summed E-state index contributed by atoms with van der Waals surface area (Å²) in [6.07, 6.45) is 3.76. The van der Waals surface area contributed by atoms with E-state index >= 15 is 0 Å². The number of pyridine rings is 1. The van der Waals surface area contributed by atoms with E-state index in [9.17, 15) is 0 Å². The van der Waals surface area contributed by atoms with Gasteiger partial charge in [-0.3, -0.25) is 0 Å². The SMILES string of the molecule is CCN(Cc1ccco1)c1nc2ccccn2c1CNC. The molecule has 0 bridgehead atoms. The van der Waals surface area contributed by atoms with Gasteiger partial charge in [0.15, 0.2) is 5.82 Å². The number of hydrogen-bond acceptors (Lipinski definition) is 4. The third-order valence-corrected chi connectivity index (χ3v) is 3.56. The molecule has 0 radical (unpaired) electrons. The lowest BCUT2D eigenvalue weighted by atomic mass is 10.3. The van der Waals surface area contributed by atoms with Crippen LogP contribution in [0.15, 0.2) is 47.2 Å². The molecule has 0 aliphatic heterocycles. The topological polar surface area (TPSA) is 45.7 Å². The highest BCUT2D eigenvalue weighted by atomic mass is 16.3. The van der Waals surface area contributed by atoms with Crippen LogP contribution in [0.2, 0.25) is 0 Å². The average molecular weight is 284 g/mol. The number of fused-ring (bicyclic) bond motifs is 1. The molecule has 0 aromatic carbocycles. The number of nitrogens with one attached hydrogen (secondary N) is 1. The predicted molar refractivity (Wildman–Crippen MR) is 83.4 cm³/mol. The molecule has 3 rings (SSSR count). The van der Waals surface area contributed by atoms with Crippen molar-refractivity contribution in [1.29, 1.82) is 0 Å². The second-order valence-electron chi connectivity index (χ2n) is 4.93. The van der Waals surface area contributed by atoms with Crippen LogP contribution in [0.1, 0.15) is 18.4 Å². The van der Waals surface area contributed by atoms with Crippen LogP contribution in [0, 0.1) is 0 Å². The molecular weight excluding hydrogens is 264 g/mol. The van der Waals surface area contributed by atoms with E-state index in [0.29, 0.717) is 0 Å². The van der Waals surface area contributed by atoms with Crippen molar-refractivity contribution in [3.63, 3.8) is 0 Å². The summed E-state index contributed by atoms with van der Waals surface area (Å²) in [7, 11) is 1.95. The van der Waals surface area contributed by atoms with Crippen LogP contribution in [-0.4, -0.2) is 23.0 Å². The van der Waals surface area contributed by atoms with Crippen molar-refractivity contribution < 1.29 is 4.42 Å². The quantitative estimate of drug-likeness (QED) is 0.756. The number of furan rings is 1. The highest BCUT2D eigenvalue weighted by molar-refractivity contribution is 5.56. The fourth-order valence-corrected chi connectivity index (χ4v) is 2.55. The van der Waals surface area contributed by atoms with E-state index < -0.39 is 0 Å². The summed E-state index contributed by atoms with van der Waals surface area (Å²) >= 11 is 0. The largest absolute Gasteiger partial charge is 0.467 e. The van der Waals surface area contributed by atoms with E-state index in [-0.39, 0.29) is 0 Å². The molecule has 3 aromatic heterocycles. The summed E-state index contributed by atoms with van der Waals surface area (Å²) in [6, 6.07) is 9.99. The van der Waals surface area contributed by atoms with Crippen molar-refractivity contribution in [2.45, 2.75) is 20.0 Å². The lowest BCUT2D eigenvalue weighted by Gasteiger charge is -2.20. The second kappa shape index (κ2) is 6.01. The summed E-state index contributed by atoms with van der Waals surface area (Å²) in [4.78, 5) is 7.02. The molecule has 5 nitrogen and oxygen atoms in total. The van der Waals surface area contributed by atoms with Crippen LogP contribution in [-0.2, 0) is 13.1 Å². The fourth-order valence-electron chi connectivity index (χ4n) is 2.55. The van der Waals surface area contributed by atoms with Crippen LogP contribution >= 0.6 is 0 Å². The van der Waals surface area contributed by atoms with Crippen molar-refractivity contribution in [3.8, 4) is 0 Å². The second-order valence-corrected chi connectivity index (χ2v) is 4.93. The molecule has 0 saturated carbocycles. The summed E-state index contributed by atoms with van der Waals surface area (Å²) in [5.74, 6) is 1.96. The molecule has 0 spiro atoms. The van der Waals surface area contributed by atoms with Gasteiger partial charge in [-0.15, -0.1) is 0 Å². The molecule has 3 aromatic rings. The first-order valence-corrected chi connectivity index (χ1v) is 7.21. The monoisotopic (exact) mass is 284 g/mol. The maximum absolute atomic E-state index is 5.47. The molecule has 21 heavy (non-hydrogen) atoms. The van der Waals surface area contributed by atoms with E-state index in [4.69, 9.17) is 9.40 Å². The number of aromatic nitrogens is 2. The van der Waals surface area contributed by atoms with Gasteiger partial charge in [0.05, 0.1) is 18.5 Å². The first-order valence-electron chi connectivity index (χ1n) is 7.21. The third-order valence-electron chi connectivity index (χ3n) is 3.56. The molecule has 3 heterocycles. The van der Waals surface area contributed by atoms with Crippen molar-refractivity contribution >= 4 is 11.5 Å². The van der Waals surface area contributed by atoms with Gasteiger partial charge in [0.25, 0.3) is 0 Å². The summed E-state index contributed by atoms with van der Waals surface area (Å²) in [5, 5.41) is 3.23. The van der Waals surface area contributed by atoms with Gasteiger partial charge in [0.1, 0.15) is 11.4 Å². The Labute approximate surface area is 124 Å². The minimum atomic E-state index is 0.726. The number of imidazole rings is 1. The number of rotatable bonds is 6. The molecule has 0 aliphatic carbocycles. The van der Waals surface area contributed by atoms with Gasteiger partial charge in [-0.25, -0.2) is 4.98 Å². The standard InChI is InChI=1S/C16H20N4O/c1-3-19(12-13-7-6-10-21-13)16-14(11-17-2)20-9-5-4-8-15(20)18-16/h4-10,17H,3,11-12H2,1-2H3. The van der Waals surface area contributed by atoms with E-state index in [1.165, 1.54) is 5.69 Å². The van der Waals surface area contributed by atoms with Gasteiger partial charge in [0, 0.05) is 19.3 Å². The van der Waals surface area contributed by atoms with Gasteiger partial charge < -0.3 is 19.0 Å². The van der Waals surface area contributed by atoms with Gasteiger partial charge in [0.2, 0.25) is 0 Å². The van der Waals surface area contributed by atoms with Gasteiger partial charge >= 0.3 is 0 Å². The van der Waals surface area contributed by atoms with Crippen LogP contribution in [0.5, 0.6) is 0 Å². The fraction of sp³-hybridized carbons (Fsp3) is 0.312. The van der Waals surface area contributed by atoms with Crippen molar-refractivity contribution in [3.05, 3.63) is 54.2 Å². The Balaban J connectivity index is 2.02. The number of nitrogens with zero attached hydrogens (tertiary/aromatic N) is 3. The smallest absolute Gasteiger partial charge is 0.152 e. The molecule has 0 amide bonds. The highest BCUT2D eigenvalue weighted by Crippen LogP contribution is 2.23. The van der Waals surface area contributed by atoms with Crippen molar-refractivity contribution in [1.82, 2.24) is 14.7 Å². The summed E-state index contributed by atoms with van der Waals surface area (Å²) < 4.78 is 7.60. The first-order chi connectivity index (χ1) is 10.3. The van der Waals surface area contributed by atoms with Crippen molar-refractivity contribution in [2.75, 3.05) is 18.5 Å². The Morgan fingerprint density at radius 2 is 2.19 bits per heavy atom. The van der Waals surface area contributed by atoms with Gasteiger partial charge in [-0.1, -0.05) is 6.07 Å². The zero-order chi connectivity index (χ0) is 14.7. The number of hydrogen-bond donors (Lipinski definition) is 1. The molecule has 0 unspecified atom stereocenters. The van der Waals surface area contributed by atoms with Crippen molar-refractivity contribution in [2.24, 2.45) is 0 Å². The van der Waals surface area contributed by atoms with Crippen LogP contribution < -0.4 is 10.2 Å². The molecule has 110 valence electrons. The zero-order valence-electron chi connectivity index (χ0n) is 12.4. The van der Waals surface area contributed by atoms with E-state index in [1.54, 1.807) is 6.26 Å². The third kappa shape index (κ3) is 2.64. The molecule has 0 saturated heterocycles. The Morgan fingerprint density at radius 3 is 2.90 bits per heavy atom. The Bertz CT molecular complexity index is 702. The minimum absolute atomic E-state index is 0.726. The number of anilines is 1. The van der Waals surface area contributed by atoms with Crippen LogP contribution in [0.25, 0.3) is 5.65 Å². The molecular formula is C16H20N4O. The molecule has 1 N–H and O–H groups in total. The Kier molecular flexibility index (Phi) is 3.92. The molecule has 5 heteroatoms. The lowest BCUT2D eigenvalue weighted by Crippen LogP contribution is -2.24. The molecule has 0 atom stereocenters. The van der Waals surface area contributed by atoms with Gasteiger partial charge in [-0.05, 0) is 38.2 Å². The highest BCUT2D eigenvalue weighted by Gasteiger charge is 2.17. The van der Waals surface area contributed by atoms with E-state index in [0.717, 1.165) is 36.9 Å². The normalized spacial score (nSPS) is 11.1. The lowest BCUT2D eigenvalue weighted by molar-refractivity contribution is 0.502. The maximum atomic E-state index is 5.47. The first kappa shape index (κ1) is 13.7. The molecule has 0 aliphatic rings. The minimum Gasteiger partial charge on any atom is -0.467 e. The van der Waals surface area contributed by atoms with Gasteiger partial charge in [-0.2, -0.15) is 0 Å². The Morgan fingerprint density at radius 1 is 1.29 bits per heavy atom. The summed E-state index contributed by atoms with van der Waals surface area (Å²) in [6.45, 7) is 4.51.